The quantitative estimate of drug-likeness (QED) is 0.486. The minimum atomic E-state index is 0. The molecule has 0 amide bonds. The summed E-state index contributed by atoms with van der Waals surface area (Å²) in [5.74, 6) is 0. The molecule has 0 aliphatic heterocycles. The molecule has 0 radical (unpaired) electrons. The van der Waals surface area contributed by atoms with Gasteiger partial charge in [-0.2, -0.15) is 0 Å². The lowest BCUT2D eigenvalue weighted by atomic mass is 10.1. The van der Waals surface area contributed by atoms with Crippen molar-refractivity contribution in [3.63, 3.8) is 0 Å². The molecule has 0 spiro atoms. The van der Waals surface area contributed by atoms with Crippen LogP contribution in [-0.2, 0) is 6.54 Å². The number of quaternary nitrogens is 1. The Labute approximate surface area is 111 Å². The van der Waals surface area contributed by atoms with Crippen LogP contribution in [0.2, 0.25) is 0 Å². The van der Waals surface area contributed by atoms with Crippen LogP contribution in [-0.4, -0.2) is 24.1 Å². The second kappa shape index (κ2) is 8.10. The summed E-state index contributed by atoms with van der Waals surface area (Å²) in [6.45, 7) is 14.1. The van der Waals surface area contributed by atoms with Gasteiger partial charge in [-0.05, 0) is 19.1 Å². The lowest BCUT2D eigenvalue weighted by Gasteiger charge is -2.36. The van der Waals surface area contributed by atoms with Gasteiger partial charge in [0.2, 0.25) is 0 Å². The highest BCUT2D eigenvalue weighted by atomic mass is 35.5. The summed E-state index contributed by atoms with van der Waals surface area (Å²) in [5, 5.41) is 0. The third kappa shape index (κ3) is 4.76. The van der Waals surface area contributed by atoms with Crippen molar-refractivity contribution in [3.05, 3.63) is 61.2 Å². The van der Waals surface area contributed by atoms with Crippen LogP contribution in [0.5, 0.6) is 0 Å². The Hall–Kier alpha value is -1.05. The lowest BCUT2D eigenvalue weighted by Crippen LogP contribution is -3.00. The molecule has 0 aliphatic carbocycles. The summed E-state index contributed by atoms with van der Waals surface area (Å²) in [6.07, 6.45) is 4.02. The number of hydrogen-bond acceptors (Lipinski definition) is 0. The van der Waals surface area contributed by atoms with Crippen LogP contribution in [0.25, 0.3) is 0 Å². The fourth-order valence-electron chi connectivity index (χ4n) is 2.09. The van der Waals surface area contributed by atoms with Crippen LogP contribution < -0.4 is 12.4 Å². The van der Waals surface area contributed by atoms with Gasteiger partial charge in [0.05, 0.1) is 19.6 Å². The van der Waals surface area contributed by atoms with Gasteiger partial charge in [-0.25, -0.2) is 0 Å². The molecule has 0 aliphatic rings. The van der Waals surface area contributed by atoms with Gasteiger partial charge in [-0.3, -0.25) is 0 Å². The van der Waals surface area contributed by atoms with E-state index in [4.69, 9.17) is 0 Å². The monoisotopic (exact) mass is 251 g/mol. The second-order valence-electron chi connectivity index (χ2n) is 4.24. The van der Waals surface area contributed by atoms with Gasteiger partial charge < -0.3 is 16.9 Å². The van der Waals surface area contributed by atoms with E-state index < -0.39 is 0 Å². The number of rotatable bonds is 7. The first-order chi connectivity index (χ1) is 7.76. The molecule has 0 aromatic heterocycles. The number of nitrogens with zero attached hydrogens (tertiary/aromatic N) is 1. The molecule has 1 nitrogen and oxygen atoms in total. The largest absolute Gasteiger partial charge is 1.00 e. The Morgan fingerprint density at radius 3 is 2.00 bits per heavy atom. The van der Waals surface area contributed by atoms with E-state index in [0.717, 1.165) is 30.7 Å². The maximum atomic E-state index is 3.87. The first-order valence-corrected chi connectivity index (χ1v) is 5.87. The zero-order chi connectivity index (χ0) is 11.9. The molecule has 94 valence electrons. The molecule has 0 atom stereocenters. The molecule has 0 unspecified atom stereocenters. The lowest BCUT2D eigenvalue weighted by molar-refractivity contribution is -0.928. The Balaban J connectivity index is 0.00000256. The number of hydrogen-bond donors (Lipinski definition) is 0. The van der Waals surface area contributed by atoms with Crippen molar-refractivity contribution in [1.82, 2.24) is 0 Å². The SMILES string of the molecule is C=CC[N+](CC)(CC=C)Cc1ccccc1.[Cl-]. The van der Waals surface area contributed by atoms with Crippen molar-refractivity contribution in [2.24, 2.45) is 0 Å². The van der Waals surface area contributed by atoms with Crippen molar-refractivity contribution >= 4 is 0 Å². The van der Waals surface area contributed by atoms with Crippen LogP contribution in [0.15, 0.2) is 55.6 Å². The summed E-state index contributed by atoms with van der Waals surface area (Å²) < 4.78 is 1.01. The van der Waals surface area contributed by atoms with Crippen molar-refractivity contribution < 1.29 is 16.9 Å². The average molecular weight is 252 g/mol. The fourth-order valence-corrected chi connectivity index (χ4v) is 2.09. The van der Waals surface area contributed by atoms with E-state index in [1.54, 1.807) is 0 Å². The van der Waals surface area contributed by atoms with E-state index in [-0.39, 0.29) is 12.4 Å². The molecule has 0 saturated heterocycles. The zero-order valence-corrected chi connectivity index (χ0v) is 11.4. The second-order valence-corrected chi connectivity index (χ2v) is 4.24. The van der Waals surface area contributed by atoms with Crippen LogP contribution >= 0.6 is 0 Å². The normalized spacial score (nSPS) is 10.4. The van der Waals surface area contributed by atoms with Gasteiger partial charge in [-0.15, -0.1) is 0 Å². The molecule has 1 rings (SSSR count). The van der Waals surface area contributed by atoms with Crippen LogP contribution in [0.1, 0.15) is 12.5 Å². The molecule has 0 saturated carbocycles. The number of likely N-dealkylation sites (N-methyl/N-ethyl adjacent to an activating group) is 1. The third-order valence-electron chi connectivity index (χ3n) is 3.06. The van der Waals surface area contributed by atoms with E-state index in [9.17, 15) is 0 Å². The average Bonchev–Trinajstić information content (AvgIpc) is 2.31. The molecule has 1 aromatic carbocycles. The van der Waals surface area contributed by atoms with Crippen molar-refractivity contribution in [2.75, 3.05) is 19.6 Å². The van der Waals surface area contributed by atoms with Crippen LogP contribution in [0.3, 0.4) is 0 Å². The molecular weight excluding hydrogens is 230 g/mol. The highest BCUT2D eigenvalue weighted by Crippen LogP contribution is 2.14. The van der Waals surface area contributed by atoms with E-state index in [2.05, 4.69) is 50.4 Å². The first kappa shape index (κ1) is 16.0. The number of halogens is 1. The van der Waals surface area contributed by atoms with Gasteiger partial charge in [0.25, 0.3) is 0 Å². The Kier molecular flexibility index (Phi) is 7.60. The van der Waals surface area contributed by atoms with Crippen molar-refractivity contribution in [3.8, 4) is 0 Å². The molecule has 0 N–H and O–H groups in total. The Morgan fingerprint density at radius 1 is 1.06 bits per heavy atom. The summed E-state index contributed by atoms with van der Waals surface area (Å²) >= 11 is 0. The maximum absolute atomic E-state index is 3.87. The smallest absolute Gasteiger partial charge is 0.105 e. The Bertz CT molecular complexity index is 322. The van der Waals surface area contributed by atoms with Crippen LogP contribution in [0, 0.1) is 0 Å². The van der Waals surface area contributed by atoms with E-state index in [1.165, 1.54) is 5.56 Å². The minimum absolute atomic E-state index is 0. The Morgan fingerprint density at radius 2 is 1.59 bits per heavy atom. The number of benzene rings is 1. The standard InChI is InChI=1S/C15H22N.ClH/c1-4-12-16(6-3,13-5-2)14-15-10-8-7-9-11-15;/h4-5,7-11H,1-2,6,12-14H2,3H3;1H/q+1;/p-1. The summed E-state index contributed by atoms with van der Waals surface area (Å²) in [5.41, 5.74) is 1.38. The van der Waals surface area contributed by atoms with Crippen molar-refractivity contribution in [2.45, 2.75) is 13.5 Å². The molecule has 2 heteroatoms. The van der Waals surface area contributed by atoms with E-state index in [0.29, 0.717) is 0 Å². The minimum Gasteiger partial charge on any atom is -1.00 e. The molecule has 0 heterocycles. The molecule has 17 heavy (non-hydrogen) atoms. The summed E-state index contributed by atoms with van der Waals surface area (Å²) in [6, 6.07) is 10.6. The molecule has 0 bridgehead atoms. The summed E-state index contributed by atoms with van der Waals surface area (Å²) in [4.78, 5) is 0. The topological polar surface area (TPSA) is 0 Å². The predicted octanol–water partition coefficient (Wildman–Crippen LogP) is 0.399. The maximum Gasteiger partial charge on any atom is 0.105 e. The molecule has 1 aromatic rings. The first-order valence-electron chi connectivity index (χ1n) is 5.87. The van der Waals surface area contributed by atoms with Crippen LogP contribution in [0.4, 0.5) is 0 Å². The zero-order valence-electron chi connectivity index (χ0n) is 10.6. The third-order valence-corrected chi connectivity index (χ3v) is 3.06. The van der Waals surface area contributed by atoms with Gasteiger partial charge in [0, 0.05) is 5.56 Å². The van der Waals surface area contributed by atoms with Gasteiger partial charge >= 0.3 is 0 Å². The molecular formula is C15H22ClN. The highest BCUT2D eigenvalue weighted by Gasteiger charge is 2.22. The van der Waals surface area contributed by atoms with Gasteiger partial charge in [0.15, 0.2) is 0 Å². The summed E-state index contributed by atoms with van der Waals surface area (Å²) in [7, 11) is 0. The van der Waals surface area contributed by atoms with Crippen molar-refractivity contribution in [1.29, 1.82) is 0 Å². The predicted molar refractivity (Wildman–Crippen MR) is 71.1 cm³/mol. The highest BCUT2D eigenvalue weighted by molar-refractivity contribution is 5.13. The van der Waals surface area contributed by atoms with Gasteiger partial charge in [0.1, 0.15) is 6.54 Å². The molecule has 0 fully saturated rings. The van der Waals surface area contributed by atoms with E-state index in [1.807, 2.05) is 12.2 Å². The van der Waals surface area contributed by atoms with Gasteiger partial charge in [-0.1, -0.05) is 43.5 Å². The van der Waals surface area contributed by atoms with E-state index >= 15 is 0 Å². The fraction of sp³-hybridized carbons (Fsp3) is 0.333.